The number of benzene rings is 1. The number of ether oxygens (including phenoxy) is 1. The zero-order valence-corrected chi connectivity index (χ0v) is 10.6. The molecule has 1 aliphatic rings. The molecule has 1 aromatic carbocycles. The molecular formula is C14H17NO4. The highest BCUT2D eigenvalue weighted by molar-refractivity contribution is 5.76. The Balaban J connectivity index is 1.85. The highest BCUT2D eigenvalue weighted by atomic mass is 16.6. The number of carbonyl (C=O) groups is 2. The molecule has 0 radical (unpaired) electrons. The van der Waals surface area contributed by atoms with Gasteiger partial charge in [0.1, 0.15) is 13.2 Å². The van der Waals surface area contributed by atoms with Crippen LogP contribution in [0.1, 0.15) is 18.4 Å². The van der Waals surface area contributed by atoms with Crippen LogP contribution in [0, 0.1) is 5.92 Å². The summed E-state index contributed by atoms with van der Waals surface area (Å²) in [6.45, 7) is 0.338. The molecule has 0 unspecified atom stereocenters. The number of carboxylic acids is 1. The number of nitrogens with zero attached hydrogens (tertiary/aromatic N) is 1. The molecule has 5 heteroatoms. The number of hydrogen-bond acceptors (Lipinski definition) is 3. The molecule has 1 aromatic rings. The lowest BCUT2D eigenvalue weighted by Crippen LogP contribution is -2.37. The molecule has 0 saturated heterocycles. The van der Waals surface area contributed by atoms with E-state index in [1.807, 2.05) is 30.3 Å². The lowest BCUT2D eigenvalue weighted by molar-refractivity contribution is -0.138. The standard InChI is InChI=1S/C14H17NO4/c16-13(17)9-15(8-11-6-7-11)14(18)19-10-12-4-2-1-3-5-12/h1-5,11H,6-10H2,(H,16,17). The Hall–Kier alpha value is -2.04. The Labute approximate surface area is 111 Å². The van der Waals surface area contributed by atoms with Crippen LogP contribution in [0.25, 0.3) is 0 Å². The molecule has 0 atom stereocenters. The average molecular weight is 263 g/mol. The molecular weight excluding hydrogens is 246 g/mol. The van der Waals surface area contributed by atoms with E-state index < -0.39 is 12.1 Å². The van der Waals surface area contributed by atoms with Gasteiger partial charge < -0.3 is 9.84 Å². The lowest BCUT2D eigenvalue weighted by Gasteiger charge is -2.19. The number of aliphatic carboxylic acids is 1. The molecule has 0 bridgehead atoms. The van der Waals surface area contributed by atoms with Crippen molar-refractivity contribution in [2.45, 2.75) is 19.4 Å². The van der Waals surface area contributed by atoms with Gasteiger partial charge >= 0.3 is 12.1 Å². The van der Waals surface area contributed by atoms with Crippen LogP contribution in [-0.2, 0) is 16.1 Å². The van der Waals surface area contributed by atoms with Crippen molar-refractivity contribution in [1.29, 1.82) is 0 Å². The van der Waals surface area contributed by atoms with Gasteiger partial charge in [0.05, 0.1) is 0 Å². The molecule has 1 fully saturated rings. The minimum Gasteiger partial charge on any atom is -0.480 e. The molecule has 0 heterocycles. The first-order valence-electron chi connectivity index (χ1n) is 6.32. The van der Waals surface area contributed by atoms with Crippen LogP contribution in [0.5, 0.6) is 0 Å². The van der Waals surface area contributed by atoms with E-state index in [4.69, 9.17) is 9.84 Å². The summed E-state index contributed by atoms with van der Waals surface area (Å²) in [4.78, 5) is 23.9. The van der Waals surface area contributed by atoms with E-state index in [0.29, 0.717) is 12.5 Å². The predicted octanol–water partition coefficient (Wildman–Crippen LogP) is 2.12. The van der Waals surface area contributed by atoms with Gasteiger partial charge in [0.25, 0.3) is 0 Å². The number of hydrogen-bond donors (Lipinski definition) is 1. The first kappa shape index (κ1) is 13.4. The third-order valence-electron chi connectivity index (χ3n) is 2.96. The first-order valence-corrected chi connectivity index (χ1v) is 6.32. The molecule has 1 amide bonds. The Bertz CT molecular complexity index is 442. The van der Waals surface area contributed by atoms with Crippen molar-refractivity contribution >= 4 is 12.1 Å². The summed E-state index contributed by atoms with van der Waals surface area (Å²) in [7, 11) is 0. The van der Waals surface area contributed by atoms with Crippen LogP contribution >= 0.6 is 0 Å². The van der Waals surface area contributed by atoms with Crippen LogP contribution in [-0.4, -0.2) is 35.2 Å². The van der Waals surface area contributed by atoms with Crippen molar-refractivity contribution in [3.8, 4) is 0 Å². The summed E-state index contributed by atoms with van der Waals surface area (Å²) in [6, 6.07) is 9.32. The minimum atomic E-state index is -1.02. The predicted molar refractivity (Wildman–Crippen MR) is 68.6 cm³/mol. The molecule has 1 N–H and O–H groups in total. The molecule has 19 heavy (non-hydrogen) atoms. The number of amides is 1. The topological polar surface area (TPSA) is 66.8 Å². The second-order valence-corrected chi connectivity index (χ2v) is 4.76. The molecule has 0 aromatic heterocycles. The monoisotopic (exact) mass is 263 g/mol. The Morgan fingerprint density at radius 2 is 1.95 bits per heavy atom. The third-order valence-corrected chi connectivity index (χ3v) is 2.96. The van der Waals surface area contributed by atoms with Crippen LogP contribution in [0.3, 0.4) is 0 Å². The van der Waals surface area contributed by atoms with E-state index in [1.54, 1.807) is 0 Å². The Morgan fingerprint density at radius 1 is 1.26 bits per heavy atom. The molecule has 1 aliphatic carbocycles. The second kappa shape index (κ2) is 6.22. The summed E-state index contributed by atoms with van der Waals surface area (Å²) in [6.07, 6.45) is 1.56. The smallest absolute Gasteiger partial charge is 0.410 e. The fourth-order valence-electron chi connectivity index (χ4n) is 1.79. The van der Waals surface area contributed by atoms with Gasteiger partial charge in [-0.25, -0.2) is 4.79 Å². The van der Waals surface area contributed by atoms with Gasteiger partial charge in [-0.2, -0.15) is 0 Å². The van der Waals surface area contributed by atoms with Gasteiger partial charge in [0.15, 0.2) is 0 Å². The SMILES string of the molecule is O=C(O)CN(CC1CC1)C(=O)OCc1ccccc1. The van der Waals surface area contributed by atoms with Crippen molar-refractivity contribution in [2.24, 2.45) is 5.92 Å². The zero-order chi connectivity index (χ0) is 13.7. The largest absolute Gasteiger partial charge is 0.480 e. The maximum Gasteiger partial charge on any atom is 0.410 e. The second-order valence-electron chi connectivity index (χ2n) is 4.76. The van der Waals surface area contributed by atoms with Crippen LogP contribution in [0.15, 0.2) is 30.3 Å². The fourth-order valence-corrected chi connectivity index (χ4v) is 1.79. The van der Waals surface area contributed by atoms with Gasteiger partial charge in [0.2, 0.25) is 0 Å². The van der Waals surface area contributed by atoms with E-state index in [9.17, 15) is 9.59 Å². The summed E-state index contributed by atoms with van der Waals surface area (Å²) >= 11 is 0. The lowest BCUT2D eigenvalue weighted by atomic mass is 10.2. The average Bonchev–Trinajstić information content (AvgIpc) is 3.20. The highest BCUT2D eigenvalue weighted by Crippen LogP contribution is 2.29. The van der Waals surface area contributed by atoms with Gasteiger partial charge in [-0.15, -0.1) is 0 Å². The van der Waals surface area contributed by atoms with Gasteiger partial charge in [-0.3, -0.25) is 9.69 Å². The normalized spacial score (nSPS) is 13.9. The maximum atomic E-state index is 11.9. The van der Waals surface area contributed by atoms with E-state index in [-0.39, 0.29) is 13.2 Å². The molecule has 2 rings (SSSR count). The van der Waals surface area contributed by atoms with Gasteiger partial charge in [-0.05, 0) is 24.3 Å². The van der Waals surface area contributed by atoms with E-state index in [0.717, 1.165) is 18.4 Å². The minimum absolute atomic E-state index is 0.167. The van der Waals surface area contributed by atoms with E-state index in [1.165, 1.54) is 4.90 Å². The summed E-state index contributed by atoms with van der Waals surface area (Å²) in [5, 5.41) is 8.80. The van der Waals surface area contributed by atoms with Crippen molar-refractivity contribution in [1.82, 2.24) is 4.90 Å². The maximum absolute atomic E-state index is 11.9. The summed E-state index contributed by atoms with van der Waals surface area (Å²) in [5.41, 5.74) is 0.887. The molecule has 102 valence electrons. The summed E-state index contributed by atoms with van der Waals surface area (Å²) in [5.74, 6) is -0.582. The quantitative estimate of drug-likeness (QED) is 0.853. The molecule has 1 saturated carbocycles. The first-order chi connectivity index (χ1) is 9.15. The van der Waals surface area contributed by atoms with Crippen LogP contribution in [0.4, 0.5) is 4.79 Å². The molecule has 0 aliphatic heterocycles. The Kier molecular flexibility index (Phi) is 4.39. The number of carbonyl (C=O) groups excluding carboxylic acids is 1. The molecule has 5 nitrogen and oxygen atoms in total. The van der Waals surface area contributed by atoms with E-state index >= 15 is 0 Å². The zero-order valence-electron chi connectivity index (χ0n) is 10.6. The van der Waals surface area contributed by atoms with Crippen molar-refractivity contribution in [2.75, 3.05) is 13.1 Å². The van der Waals surface area contributed by atoms with Gasteiger partial charge in [0, 0.05) is 6.54 Å². The molecule has 0 spiro atoms. The van der Waals surface area contributed by atoms with E-state index in [2.05, 4.69) is 0 Å². The number of carboxylic acid groups (broad SMARTS) is 1. The van der Waals surface area contributed by atoms with Crippen molar-refractivity contribution in [3.63, 3.8) is 0 Å². The third kappa shape index (κ3) is 4.62. The fraction of sp³-hybridized carbons (Fsp3) is 0.429. The van der Waals surface area contributed by atoms with Gasteiger partial charge in [-0.1, -0.05) is 30.3 Å². The van der Waals surface area contributed by atoms with Crippen LogP contribution in [0.2, 0.25) is 0 Å². The van der Waals surface area contributed by atoms with Crippen molar-refractivity contribution in [3.05, 3.63) is 35.9 Å². The Morgan fingerprint density at radius 3 is 2.53 bits per heavy atom. The summed E-state index contributed by atoms with van der Waals surface area (Å²) < 4.78 is 5.14. The van der Waals surface area contributed by atoms with Crippen molar-refractivity contribution < 1.29 is 19.4 Å². The highest BCUT2D eigenvalue weighted by Gasteiger charge is 2.28. The van der Waals surface area contributed by atoms with Crippen LogP contribution < -0.4 is 0 Å². The number of rotatable bonds is 6.